The lowest BCUT2D eigenvalue weighted by Crippen LogP contribution is -2.10. The molecule has 1 aromatic carbocycles. The van der Waals surface area contributed by atoms with Crippen molar-refractivity contribution in [2.45, 2.75) is 0 Å². The molecule has 0 amide bonds. The van der Waals surface area contributed by atoms with Crippen molar-refractivity contribution in [3.05, 3.63) is 46.8 Å². The van der Waals surface area contributed by atoms with Gasteiger partial charge < -0.3 is 4.90 Å². The Labute approximate surface area is 98.2 Å². The van der Waals surface area contributed by atoms with Crippen LogP contribution in [-0.4, -0.2) is 28.8 Å². The predicted octanol–water partition coefficient (Wildman–Crippen LogP) is 1.85. The van der Waals surface area contributed by atoms with Crippen molar-refractivity contribution in [2.24, 2.45) is 0 Å². The van der Waals surface area contributed by atoms with Crippen LogP contribution in [0.15, 0.2) is 36.7 Å². The number of benzene rings is 1. The van der Waals surface area contributed by atoms with Crippen molar-refractivity contribution >= 4 is 11.4 Å². The van der Waals surface area contributed by atoms with Gasteiger partial charge in [0.25, 0.3) is 5.69 Å². The van der Waals surface area contributed by atoms with Gasteiger partial charge in [0, 0.05) is 38.2 Å². The summed E-state index contributed by atoms with van der Waals surface area (Å²) in [6, 6.07) is 6.68. The van der Waals surface area contributed by atoms with Crippen LogP contribution in [-0.2, 0) is 0 Å². The molecule has 0 saturated heterocycles. The second-order valence-corrected chi connectivity index (χ2v) is 3.78. The second-order valence-electron chi connectivity index (χ2n) is 3.78. The van der Waals surface area contributed by atoms with Crippen molar-refractivity contribution in [1.29, 1.82) is 0 Å². The molecule has 0 aliphatic carbocycles. The molecule has 0 atom stereocenters. The number of rotatable bonds is 3. The lowest BCUT2D eigenvalue weighted by Gasteiger charge is -2.13. The van der Waals surface area contributed by atoms with Crippen LogP contribution in [0, 0.1) is 10.1 Å². The van der Waals surface area contributed by atoms with Crippen molar-refractivity contribution in [3.8, 4) is 5.69 Å². The predicted molar refractivity (Wildman–Crippen MR) is 64.5 cm³/mol. The fourth-order valence-electron chi connectivity index (χ4n) is 1.54. The topological polar surface area (TPSA) is 64.2 Å². The molecule has 2 aromatic rings. The fraction of sp³-hybridized carbons (Fsp3) is 0.182. The zero-order valence-electron chi connectivity index (χ0n) is 9.57. The SMILES string of the molecule is CN(C)c1ccc([N+](=O)[O-])c(-n2cccn2)c1. The Morgan fingerprint density at radius 1 is 1.41 bits per heavy atom. The monoisotopic (exact) mass is 232 g/mol. The Bertz CT molecular complexity index is 534. The molecular formula is C11H12N4O2. The van der Waals surface area contributed by atoms with E-state index in [0.29, 0.717) is 5.69 Å². The summed E-state index contributed by atoms with van der Waals surface area (Å²) in [7, 11) is 3.77. The minimum absolute atomic E-state index is 0.0410. The number of hydrogen-bond donors (Lipinski definition) is 0. The maximum Gasteiger partial charge on any atom is 0.295 e. The average molecular weight is 232 g/mol. The largest absolute Gasteiger partial charge is 0.378 e. The maximum absolute atomic E-state index is 10.9. The van der Waals surface area contributed by atoms with E-state index in [4.69, 9.17) is 0 Å². The van der Waals surface area contributed by atoms with Crippen LogP contribution in [0.2, 0.25) is 0 Å². The van der Waals surface area contributed by atoms with Crippen LogP contribution in [0.3, 0.4) is 0 Å². The molecular weight excluding hydrogens is 220 g/mol. The van der Waals surface area contributed by atoms with Crippen LogP contribution < -0.4 is 4.90 Å². The molecule has 2 rings (SSSR count). The highest BCUT2D eigenvalue weighted by atomic mass is 16.6. The first kappa shape index (κ1) is 11.1. The third kappa shape index (κ3) is 2.10. The molecule has 0 fully saturated rings. The lowest BCUT2D eigenvalue weighted by molar-refractivity contribution is -0.384. The van der Waals surface area contributed by atoms with Gasteiger partial charge in [-0.3, -0.25) is 10.1 Å². The first-order valence-electron chi connectivity index (χ1n) is 5.05. The fourth-order valence-corrected chi connectivity index (χ4v) is 1.54. The molecule has 0 radical (unpaired) electrons. The Kier molecular flexibility index (Phi) is 2.78. The van der Waals surface area contributed by atoms with E-state index < -0.39 is 4.92 Å². The van der Waals surface area contributed by atoms with Gasteiger partial charge in [-0.1, -0.05) is 0 Å². The van der Waals surface area contributed by atoms with E-state index in [-0.39, 0.29) is 5.69 Å². The van der Waals surface area contributed by atoms with Gasteiger partial charge in [0.2, 0.25) is 0 Å². The zero-order valence-corrected chi connectivity index (χ0v) is 9.57. The van der Waals surface area contributed by atoms with Gasteiger partial charge in [0.05, 0.1) is 4.92 Å². The highest BCUT2D eigenvalue weighted by Crippen LogP contribution is 2.26. The van der Waals surface area contributed by atoms with Crippen LogP contribution in [0.5, 0.6) is 0 Å². The third-order valence-corrected chi connectivity index (χ3v) is 2.42. The maximum atomic E-state index is 10.9. The van der Waals surface area contributed by atoms with Gasteiger partial charge in [-0.25, -0.2) is 4.68 Å². The van der Waals surface area contributed by atoms with Gasteiger partial charge in [-0.2, -0.15) is 5.10 Å². The Hall–Kier alpha value is -2.37. The minimum Gasteiger partial charge on any atom is -0.378 e. The summed E-state index contributed by atoms with van der Waals surface area (Å²) in [5.74, 6) is 0. The molecule has 88 valence electrons. The molecule has 1 heterocycles. The van der Waals surface area contributed by atoms with Crippen LogP contribution in [0.25, 0.3) is 5.69 Å². The molecule has 0 spiro atoms. The molecule has 17 heavy (non-hydrogen) atoms. The van der Waals surface area contributed by atoms with E-state index in [9.17, 15) is 10.1 Å². The van der Waals surface area contributed by atoms with E-state index >= 15 is 0 Å². The molecule has 0 saturated carbocycles. The molecule has 0 aliphatic rings. The number of nitro groups is 1. The molecule has 6 heteroatoms. The number of nitro benzene ring substituents is 1. The number of aromatic nitrogens is 2. The lowest BCUT2D eigenvalue weighted by atomic mass is 10.2. The summed E-state index contributed by atoms with van der Waals surface area (Å²) in [5.41, 5.74) is 1.40. The molecule has 0 unspecified atom stereocenters. The number of hydrogen-bond acceptors (Lipinski definition) is 4. The zero-order chi connectivity index (χ0) is 12.4. The van der Waals surface area contributed by atoms with Gasteiger partial charge in [-0.15, -0.1) is 0 Å². The second kappa shape index (κ2) is 4.25. The Morgan fingerprint density at radius 2 is 2.18 bits per heavy atom. The number of nitrogens with zero attached hydrogens (tertiary/aromatic N) is 4. The van der Waals surface area contributed by atoms with Crippen LogP contribution in [0.4, 0.5) is 11.4 Å². The van der Waals surface area contributed by atoms with Crippen molar-refractivity contribution in [2.75, 3.05) is 19.0 Å². The van der Waals surface area contributed by atoms with E-state index in [1.807, 2.05) is 19.0 Å². The van der Waals surface area contributed by atoms with E-state index in [0.717, 1.165) is 5.69 Å². The van der Waals surface area contributed by atoms with Gasteiger partial charge >= 0.3 is 0 Å². The van der Waals surface area contributed by atoms with Gasteiger partial charge in [0.15, 0.2) is 0 Å². The highest BCUT2D eigenvalue weighted by Gasteiger charge is 2.16. The van der Waals surface area contributed by atoms with Crippen molar-refractivity contribution in [3.63, 3.8) is 0 Å². The highest BCUT2D eigenvalue weighted by molar-refractivity contribution is 5.62. The standard InChI is InChI=1S/C11H12N4O2/c1-13(2)9-4-5-10(15(16)17)11(8-9)14-7-3-6-12-14/h3-8H,1-2H3. The molecule has 0 bridgehead atoms. The summed E-state index contributed by atoms with van der Waals surface area (Å²) < 4.78 is 1.49. The van der Waals surface area contributed by atoms with Crippen LogP contribution >= 0.6 is 0 Å². The summed E-state index contributed by atoms with van der Waals surface area (Å²) in [4.78, 5) is 12.4. The summed E-state index contributed by atoms with van der Waals surface area (Å²) >= 11 is 0. The Morgan fingerprint density at radius 3 is 2.71 bits per heavy atom. The van der Waals surface area contributed by atoms with Gasteiger partial charge in [0.1, 0.15) is 5.69 Å². The van der Waals surface area contributed by atoms with E-state index in [1.54, 1.807) is 30.6 Å². The summed E-state index contributed by atoms with van der Waals surface area (Å²) in [6.45, 7) is 0. The molecule has 0 aliphatic heterocycles. The van der Waals surface area contributed by atoms with E-state index in [2.05, 4.69) is 5.10 Å². The number of anilines is 1. The quantitative estimate of drug-likeness (QED) is 0.598. The average Bonchev–Trinajstić information content (AvgIpc) is 2.81. The molecule has 0 N–H and O–H groups in total. The van der Waals surface area contributed by atoms with Crippen LogP contribution in [0.1, 0.15) is 0 Å². The molecule has 6 nitrogen and oxygen atoms in total. The molecule has 1 aromatic heterocycles. The van der Waals surface area contributed by atoms with Gasteiger partial charge in [-0.05, 0) is 18.2 Å². The summed E-state index contributed by atoms with van der Waals surface area (Å²) in [6.07, 6.45) is 3.27. The third-order valence-electron chi connectivity index (χ3n) is 2.42. The Balaban J connectivity index is 2.60. The van der Waals surface area contributed by atoms with E-state index in [1.165, 1.54) is 10.7 Å². The first-order valence-corrected chi connectivity index (χ1v) is 5.05. The van der Waals surface area contributed by atoms with Crippen molar-refractivity contribution < 1.29 is 4.92 Å². The summed E-state index contributed by atoms with van der Waals surface area (Å²) in [5, 5.41) is 15.0. The smallest absolute Gasteiger partial charge is 0.295 e. The normalized spacial score (nSPS) is 10.2. The minimum atomic E-state index is -0.406. The van der Waals surface area contributed by atoms with Crippen molar-refractivity contribution in [1.82, 2.24) is 9.78 Å². The first-order chi connectivity index (χ1) is 8.09.